The molecule has 1 aromatic heterocycles. The number of non-ortho nitro benzene ring substituents is 1. The Kier molecular flexibility index (Phi) is 4.87. The third-order valence-electron chi connectivity index (χ3n) is 3.57. The van der Waals surface area contributed by atoms with E-state index in [0.29, 0.717) is 11.3 Å². The fourth-order valence-corrected chi connectivity index (χ4v) is 1.94. The number of hydrogen-bond acceptors (Lipinski definition) is 6. The lowest BCUT2D eigenvalue weighted by atomic mass is 9.97. The van der Waals surface area contributed by atoms with Gasteiger partial charge < -0.3 is 9.84 Å². The zero-order valence-electron chi connectivity index (χ0n) is 13.1. The van der Waals surface area contributed by atoms with E-state index in [2.05, 4.69) is 10.1 Å². The lowest BCUT2D eigenvalue weighted by molar-refractivity contribution is -0.384. The second-order valence-electron chi connectivity index (χ2n) is 5.47. The fourth-order valence-electron chi connectivity index (χ4n) is 1.94. The number of aromatic nitrogens is 3. The van der Waals surface area contributed by atoms with Gasteiger partial charge in [0.25, 0.3) is 5.69 Å². The number of methoxy groups -OCH3 is 1. The number of aliphatic hydroxyl groups excluding tert-OH is 1. The highest BCUT2D eigenvalue weighted by atomic mass is 16.6. The van der Waals surface area contributed by atoms with E-state index in [0.717, 1.165) is 0 Å². The maximum atomic E-state index is 10.7. The number of nitro benzene ring substituents is 1. The zero-order valence-corrected chi connectivity index (χ0v) is 13.1. The Morgan fingerprint density at radius 1 is 1.43 bits per heavy atom. The summed E-state index contributed by atoms with van der Waals surface area (Å²) in [6.45, 7) is 3.50. The molecule has 1 atom stereocenters. The molecular formula is C15H18N4O4. The van der Waals surface area contributed by atoms with Crippen molar-refractivity contribution in [3.63, 3.8) is 0 Å². The van der Waals surface area contributed by atoms with Crippen LogP contribution in [-0.4, -0.2) is 43.6 Å². The van der Waals surface area contributed by atoms with Gasteiger partial charge in [-0.05, 0) is 37.6 Å². The Bertz CT molecular complexity index is 693. The summed E-state index contributed by atoms with van der Waals surface area (Å²) in [5.74, 6) is 0. The van der Waals surface area contributed by atoms with Gasteiger partial charge in [-0.15, -0.1) is 0 Å². The van der Waals surface area contributed by atoms with Crippen LogP contribution in [0.4, 0.5) is 5.69 Å². The lowest BCUT2D eigenvalue weighted by Gasteiger charge is -2.30. The van der Waals surface area contributed by atoms with E-state index in [9.17, 15) is 15.2 Å². The molecule has 0 spiro atoms. The molecule has 2 aromatic rings. The van der Waals surface area contributed by atoms with Gasteiger partial charge in [-0.3, -0.25) is 10.1 Å². The molecule has 0 aliphatic rings. The minimum atomic E-state index is -0.982. The summed E-state index contributed by atoms with van der Waals surface area (Å²) < 4.78 is 6.76. The van der Waals surface area contributed by atoms with Gasteiger partial charge in [0.05, 0.1) is 16.2 Å². The standard InChI is InChI=1S/C15H18N4O4/c1-15(2,23-3)14(20)13(18-10-16-9-17-18)8-11-4-6-12(7-5-11)19(21)22/h4-10,14,20H,1-3H3. The summed E-state index contributed by atoms with van der Waals surface area (Å²) in [5.41, 5.74) is 0.288. The fraction of sp³-hybridized carbons (Fsp3) is 0.333. The predicted octanol–water partition coefficient (Wildman–Crippen LogP) is 1.97. The highest BCUT2D eigenvalue weighted by molar-refractivity contribution is 5.73. The Morgan fingerprint density at radius 3 is 2.57 bits per heavy atom. The van der Waals surface area contributed by atoms with E-state index in [1.807, 2.05) is 0 Å². The maximum absolute atomic E-state index is 10.7. The summed E-state index contributed by atoms with van der Waals surface area (Å²) in [6, 6.07) is 6.00. The molecule has 1 aromatic carbocycles. The molecular weight excluding hydrogens is 300 g/mol. The molecule has 23 heavy (non-hydrogen) atoms. The number of nitrogens with zero attached hydrogens (tertiary/aromatic N) is 4. The second-order valence-corrected chi connectivity index (χ2v) is 5.47. The van der Waals surface area contributed by atoms with Gasteiger partial charge in [0, 0.05) is 19.2 Å². The first kappa shape index (κ1) is 16.8. The van der Waals surface area contributed by atoms with Crippen LogP contribution in [0.5, 0.6) is 0 Å². The van der Waals surface area contributed by atoms with Crippen LogP contribution in [0.25, 0.3) is 11.8 Å². The second kappa shape index (κ2) is 6.67. The molecule has 8 heteroatoms. The molecule has 0 radical (unpaired) electrons. The Balaban J connectivity index is 2.43. The number of benzene rings is 1. The third-order valence-corrected chi connectivity index (χ3v) is 3.57. The van der Waals surface area contributed by atoms with E-state index >= 15 is 0 Å². The molecule has 0 saturated heterocycles. The molecule has 0 fully saturated rings. The molecule has 0 bridgehead atoms. The minimum absolute atomic E-state index is 0.00206. The normalized spacial score (nSPS) is 13.8. The van der Waals surface area contributed by atoms with Crippen LogP contribution >= 0.6 is 0 Å². The van der Waals surface area contributed by atoms with Crippen molar-refractivity contribution >= 4 is 17.5 Å². The molecule has 8 nitrogen and oxygen atoms in total. The summed E-state index contributed by atoms with van der Waals surface area (Å²) in [4.78, 5) is 14.1. The summed E-state index contributed by atoms with van der Waals surface area (Å²) in [5, 5.41) is 25.4. The van der Waals surface area contributed by atoms with Gasteiger partial charge in [-0.2, -0.15) is 5.10 Å². The van der Waals surface area contributed by atoms with Crippen molar-refractivity contribution in [3.05, 3.63) is 52.6 Å². The van der Waals surface area contributed by atoms with Gasteiger partial charge in [-0.1, -0.05) is 0 Å². The van der Waals surface area contributed by atoms with Crippen LogP contribution in [-0.2, 0) is 4.74 Å². The monoisotopic (exact) mass is 318 g/mol. The van der Waals surface area contributed by atoms with Crippen LogP contribution in [0.15, 0.2) is 36.9 Å². The molecule has 0 saturated carbocycles. The van der Waals surface area contributed by atoms with Gasteiger partial charge in [0.2, 0.25) is 0 Å². The van der Waals surface area contributed by atoms with E-state index in [-0.39, 0.29) is 5.69 Å². The molecule has 0 aliphatic carbocycles. The topological polar surface area (TPSA) is 103 Å². The van der Waals surface area contributed by atoms with Crippen molar-refractivity contribution < 1.29 is 14.8 Å². The number of ether oxygens (including phenoxy) is 1. The van der Waals surface area contributed by atoms with Gasteiger partial charge in [0.1, 0.15) is 18.8 Å². The van der Waals surface area contributed by atoms with E-state index < -0.39 is 16.6 Å². The van der Waals surface area contributed by atoms with Gasteiger partial charge in [-0.25, -0.2) is 9.67 Å². The van der Waals surface area contributed by atoms with Crippen molar-refractivity contribution in [2.75, 3.05) is 7.11 Å². The largest absolute Gasteiger partial charge is 0.384 e. The summed E-state index contributed by atoms with van der Waals surface area (Å²) in [6.07, 6.45) is 3.52. The van der Waals surface area contributed by atoms with Crippen LogP contribution in [0, 0.1) is 10.1 Å². The first-order valence-corrected chi connectivity index (χ1v) is 6.89. The molecule has 0 amide bonds. The molecule has 1 N–H and O–H groups in total. The predicted molar refractivity (Wildman–Crippen MR) is 84.4 cm³/mol. The SMILES string of the molecule is COC(C)(C)C(O)C(=Cc1ccc([N+](=O)[O-])cc1)n1cncn1. The first-order valence-electron chi connectivity index (χ1n) is 6.89. The lowest BCUT2D eigenvalue weighted by Crippen LogP contribution is -2.40. The maximum Gasteiger partial charge on any atom is 0.269 e. The summed E-state index contributed by atoms with van der Waals surface area (Å²) in [7, 11) is 1.51. The van der Waals surface area contributed by atoms with Crippen molar-refractivity contribution in [1.82, 2.24) is 14.8 Å². The molecule has 2 rings (SSSR count). The Labute approximate surface area is 133 Å². The molecule has 1 unspecified atom stereocenters. The van der Waals surface area contributed by atoms with E-state index in [1.165, 1.54) is 36.6 Å². The van der Waals surface area contributed by atoms with E-state index in [1.54, 1.807) is 32.1 Å². The van der Waals surface area contributed by atoms with Crippen molar-refractivity contribution in [3.8, 4) is 0 Å². The third kappa shape index (κ3) is 3.79. The van der Waals surface area contributed by atoms with Crippen LogP contribution in [0.1, 0.15) is 19.4 Å². The average molecular weight is 318 g/mol. The zero-order chi connectivity index (χ0) is 17.0. The number of hydrogen-bond donors (Lipinski definition) is 1. The van der Waals surface area contributed by atoms with Crippen LogP contribution in [0.2, 0.25) is 0 Å². The molecule has 1 heterocycles. The average Bonchev–Trinajstić information content (AvgIpc) is 3.06. The van der Waals surface area contributed by atoms with Crippen LogP contribution in [0.3, 0.4) is 0 Å². The highest BCUT2D eigenvalue weighted by Crippen LogP contribution is 2.25. The minimum Gasteiger partial charge on any atom is -0.384 e. The van der Waals surface area contributed by atoms with Crippen molar-refractivity contribution in [2.45, 2.75) is 25.6 Å². The Hall–Kier alpha value is -2.58. The first-order chi connectivity index (χ1) is 10.8. The van der Waals surface area contributed by atoms with Crippen LogP contribution < -0.4 is 0 Å². The van der Waals surface area contributed by atoms with Gasteiger partial charge >= 0.3 is 0 Å². The van der Waals surface area contributed by atoms with Crippen molar-refractivity contribution in [2.24, 2.45) is 0 Å². The number of aliphatic hydroxyl groups is 1. The number of rotatable bonds is 6. The van der Waals surface area contributed by atoms with Crippen molar-refractivity contribution in [1.29, 1.82) is 0 Å². The molecule has 122 valence electrons. The van der Waals surface area contributed by atoms with Gasteiger partial charge in [0.15, 0.2) is 0 Å². The quantitative estimate of drug-likeness (QED) is 0.645. The molecule has 0 aliphatic heterocycles. The smallest absolute Gasteiger partial charge is 0.269 e. The Morgan fingerprint density at radius 2 is 2.09 bits per heavy atom. The van der Waals surface area contributed by atoms with E-state index in [4.69, 9.17) is 4.74 Å². The number of nitro groups is 1. The summed E-state index contributed by atoms with van der Waals surface area (Å²) >= 11 is 0. The highest BCUT2D eigenvalue weighted by Gasteiger charge is 2.32.